The van der Waals surface area contributed by atoms with Gasteiger partial charge in [0.05, 0.1) is 42.1 Å². The first kappa shape index (κ1) is 21.5. The highest BCUT2D eigenvalue weighted by Crippen LogP contribution is 2.43. The van der Waals surface area contributed by atoms with Crippen LogP contribution in [0.15, 0.2) is 64.8 Å². The number of phenols is 1. The molecule has 1 amide bonds. The maximum absolute atomic E-state index is 13.1. The van der Waals surface area contributed by atoms with Crippen LogP contribution in [0.25, 0.3) is 5.76 Å². The number of ether oxygens (including phenoxy) is 1. The Bertz CT molecular complexity index is 1230. The van der Waals surface area contributed by atoms with Crippen LogP contribution in [0.1, 0.15) is 28.5 Å². The van der Waals surface area contributed by atoms with Crippen molar-refractivity contribution in [2.75, 3.05) is 7.11 Å². The zero-order chi connectivity index (χ0) is 23.0. The minimum absolute atomic E-state index is 0.000382. The Morgan fingerprint density at radius 3 is 2.62 bits per heavy atom. The summed E-state index contributed by atoms with van der Waals surface area (Å²) >= 11 is 6.28. The van der Waals surface area contributed by atoms with Gasteiger partial charge in [-0.05, 0) is 54.4 Å². The molecule has 3 aromatic rings. The van der Waals surface area contributed by atoms with Gasteiger partial charge >= 0.3 is 0 Å². The molecule has 8 heteroatoms. The predicted octanol–water partition coefficient (Wildman–Crippen LogP) is 4.58. The molecule has 0 saturated carbocycles. The Hall–Kier alpha value is -3.71. The highest BCUT2D eigenvalue weighted by molar-refractivity contribution is 6.46. The topological polar surface area (TPSA) is 100 Å². The van der Waals surface area contributed by atoms with Gasteiger partial charge in [-0.25, -0.2) is 0 Å². The molecule has 1 aliphatic rings. The molecule has 0 bridgehead atoms. The maximum Gasteiger partial charge on any atom is 0.296 e. The lowest BCUT2D eigenvalue weighted by atomic mass is 9.94. The third kappa shape index (κ3) is 3.71. The lowest BCUT2D eigenvalue weighted by molar-refractivity contribution is -0.140. The SMILES string of the molecule is COc1c(Cl)cc(C)cc1/C(O)=C1\C(=O)C(=O)N(Cc2ccco2)C1c1cccc(O)c1. The second-order valence-corrected chi connectivity index (χ2v) is 7.84. The van der Waals surface area contributed by atoms with E-state index in [4.69, 9.17) is 20.8 Å². The summed E-state index contributed by atoms with van der Waals surface area (Å²) in [6, 6.07) is 11.9. The Kier molecular flexibility index (Phi) is 5.67. The van der Waals surface area contributed by atoms with Crippen LogP contribution in [-0.2, 0) is 16.1 Å². The number of ketones is 1. The van der Waals surface area contributed by atoms with Gasteiger partial charge < -0.3 is 24.3 Å². The van der Waals surface area contributed by atoms with Gasteiger partial charge in [0.15, 0.2) is 0 Å². The van der Waals surface area contributed by atoms with Crippen molar-refractivity contribution in [2.24, 2.45) is 0 Å². The molecule has 4 rings (SSSR count). The van der Waals surface area contributed by atoms with Gasteiger partial charge in [-0.3, -0.25) is 9.59 Å². The van der Waals surface area contributed by atoms with Gasteiger partial charge in [-0.15, -0.1) is 0 Å². The average molecular weight is 454 g/mol. The Labute approximate surface area is 189 Å². The lowest BCUT2D eigenvalue weighted by Gasteiger charge is -2.25. The molecule has 1 aromatic heterocycles. The van der Waals surface area contributed by atoms with Crippen molar-refractivity contribution in [3.05, 3.63) is 87.8 Å². The van der Waals surface area contributed by atoms with E-state index >= 15 is 0 Å². The van der Waals surface area contributed by atoms with Crippen LogP contribution < -0.4 is 4.74 Å². The van der Waals surface area contributed by atoms with Crippen molar-refractivity contribution < 1.29 is 29.0 Å². The summed E-state index contributed by atoms with van der Waals surface area (Å²) in [4.78, 5) is 27.4. The lowest BCUT2D eigenvalue weighted by Crippen LogP contribution is -2.29. The number of hydrogen-bond donors (Lipinski definition) is 2. The van der Waals surface area contributed by atoms with Crippen LogP contribution in [0.3, 0.4) is 0 Å². The van der Waals surface area contributed by atoms with E-state index in [1.165, 1.54) is 30.4 Å². The molecule has 2 aromatic carbocycles. The van der Waals surface area contributed by atoms with E-state index in [1.807, 2.05) is 0 Å². The molecule has 2 N–H and O–H groups in total. The highest BCUT2D eigenvalue weighted by atomic mass is 35.5. The number of nitrogens with zero attached hydrogens (tertiary/aromatic N) is 1. The third-order valence-corrected chi connectivity index (χ3v) is 5.56. The quantitative estimate of drug-likeness (QED) is 0.333. The molecule has 1 unspecified atom stereocenters. The third-order valence-electron chi connectivity index (χ3n) is 5.28. The van der Waals surface area contributed by atoms with Crippen molar-refractivity contribution in [2.45, 2.75) is 19.5 Å². The molecule has 1 saturated heterocycles. The fraction of sp³-hybridized carbons (Fsp3) is 0.167. The number of furan rings is 1. The molecule has 0 spiro atoms. The van der Waals surface area contributed by atoms with Gasteiger partial charge in [0.1, 0.15) is 23.0 Å². The molecule has 0 aliphatic carbocycles. The smallest absolute Gasteiger partial charge is 0.296 e. The van der Waals surface area contributed by atoms with Crippen LogP contribution in [-0.4, -0.2) is 33.9 Å². The molecule has 1 atom stereocenters. The van der Waals surface area contributed by atoms with Gasteiger partial charge in [0.25, 0.3) is 11.7 Å². The van der Waals surface area contributed by atoms with E-state index in [-0.39, 0.29) is 34.2 Å². The van der Waals surface area contributed by atoms with Crippen LogP contribution in [0.4, 0.5) is 0 Å². The summed E-state index contributed by atoms with van der Waals surface area (Å²) in [5, 5.41) is 21.5. The van der Waals surface area contributed by atoms with Crippen LogP contribution in [0, 0.1) is 6.92 Å². The second-order valence-electron chi connectivity index (χ2n) is 7.43. The number of carbonyl (C=O) groups is 2. The largest absolute Gasteiger partial charge is 0.508 e. The molecule has 0 radical (unpaired) electrons. The Balaban J connectivity index is 1.95. The summed E-state index contributed by atoms with van der Waals surface area (Å²) in [6.07, 6.45) is 1.47. The number of methoxy groups -OCH3 is 1. The number of phenolic OH excluding ortho intramolecular Hbond substituents is 1. The zero-order valence-corrected chi connectivity index (χ0v) is 18.1. The molecule has 164 valence electrons. The fourth-order valence-corrected chi connectivity index (χ4v) is 4.26. The summed E-state index contributed by atoms with van der Waals surface area (Å²) in [6.45, 7) is 1.78. The standard InChI is InChI=1S/C24H20ClNO6/c1-13-9-17(23(31-2)18(25)10-13)21(28)19-20(14-5-3-6-15(27)11-14)26(24(30)22(19)29)12-16-7-4-8-32-16/h3-11,20,27-28H,12H2,1-2H3/b21-19+. The van der Waals surface area contributed by atoms with Crippen molar-refractivity contribution in [3.8, 4) is 11.5 Å². The monoisotopic (exact) mass is 453 g/mol. The number of likely N-dealkylation sites (tertiary alicyclic amines) is 1. The number of aliphatic hydroxyl groups is 1. The number of aromatic hydroxyl groups is 1. The van der Waals surface area contributed by atoms with Crippen LogP contribution >= 0.6 is 11.6 Å². The second kappa shape index (κ2) is 8.43. The van der Waals surface area contributed by atoms with E-state index in [0.29, 0.717) is 11.3 Å². The minimum Gasteiger partial charge on any atom is -0.508 e. The normalized spacial score (nSPS) is 17.7. The van der Waals surface area contributed by atoms with E-state index < -0.39 is 23.5 Å². The summed E-state index contributed by atoms with van der Waals surface area (Å²) in [5.41, 5.74) is 1.25. The number of halogens is 1. The molecule has 32 heavy (non-hydrogen) atoms. The van der Waals surface area contributed by atoms with Crippen molar-refractivity contribution in [1.29, 1.82) is 0 Å². The first-order valence-electron chi connectivity index (χ1n) is 9.76. The average Bonchev–Trinajstić information content (AvgIpc) is 3.35. The summed E-state index contributed by atoms with van der Waals surface area (Å²) < 4.78 is 10.7. The highest BCUT2D eigenvalue weighted by Gasteiger charge is 2.46. The Morgan fingerprint density at radius 2 is 1.97 bits per heavy atom. The number of aliphatic hydroxyl groups excluding tert-OH is 1. The Morgan fingerprint density at radius 1 is 1.19 bits per heavy atom. The maximum atomic E-state index is 13.1. The van der Waals surface area contributed by atoms with Gasteiger partial charge in [-0.1, -0.05) is 23.7 Å². The fourth-order valence-electron chi connectivity index (χ4n) is 3.91. The number of Topliss-reactive ketones (excluding diaryl/α,β-unsaturated/α-hetero) is 1. The van der Waals surface area contributed by atoms with Gasteiger partial charge in [-0.2, -0.15) is 0 Å². The van der Waals surface area contributed by atoms with E-state index in [9.17, 15) is 19.8 Å². The first-order valence-corrected chi connectivity index (χ1v) is 10.1. The predicted molar refractivity (Wildman–Crippen MR) is 117 cm³/mol. The van der Waals surface area contributed by atoms with Crippen molar-refractivity contribution >= 4 is 29.1 Å². The number of rotatable bonds is 5. The van der Waals surface area contributed by atoms with Crippen molar-refractivity contribution in [3.63, 3.8) is 0 Å². The molecular weight excluding hydrogens is 434 g/mol. The molecule has 1 fully saturated rings. The number of amides is 1. The summed E-state index contributed by atoms with van der Waals surface area (Å²) in [7, 11) is 1.40. The number of hydrogen-bond acceptors (Lipinski definition) is 6. The van der Waals surface area contributed by atoms with Crippen LogP contribution in [0.2, 0.25) is 5.02 Å². The summed E-state index contributed by atoms with van der Waals surface area (Å²) in [5.74, 6) is -1.46. The van der Waals surface area contributed by atoms with Gasteiger partial charge in [0, 0.05) is 0 Å². The van der Waals surface area contributed by atoms with E-state index in [0.717, 1.165) is 5.56 Å². The molecular formula is C24H20ClNO6. The molecule has 7 nitrogen and oxygen atoms in total. The first-order chi connectivity index (χ1) is 15.3. The van der Waals surface area contributed by atoms with Crippen LogP contribution in [0.5, 0.6) is 11.5 Å². The van der Waals surface area contributed by atoms with Gasteiger partial charge in [0.2, 0.25) is 0 Å². The minimum atomic E-state index is -0.962. The van der Waals surface area contributed by atoms with E-state index in [1.54, 1.807) is 43.3 Å². The van der Waals surface area contributed by atoms with Crippen molar-refractivity contribution in [1.82, 2.24) is 4.90 Å². The van der Waals surface area contributed by atoms with E-state index in [2.05, 4.69) is 0 Å². The molecule has 2 heterocycles. The zero-order valence-electron chi connectivity index (χ0n) is 17.3. The number of aryl methyl sites for hydroxylation is 1. The molecule has 1 aliphatic heterocycles. The number of carbonyl (C=O) groups excluding carboxylic acids is 2. The number of benzene rings is 2.